The first kappa shape index (κ1) is 18.5. The zero-order valence-electron chi connectivity index (χ0n) is 14.4. The molecule has 3 rings (SSSR count). The molecule has 0 radical (unpaired) electrons. The largest absolute Gasteiger partial charge is 0.481 e. The molecular formula is C18H21N3O4S. The minimum absolute atomic E-state index is 0.319. The van der Waals surface area contributed by atoms with Crippen molar-refractivity contribution in [2.75, 3.05) is 12.9 Å². The summed E-state index contributed by atoms with van der Waals surface area (Å²) in [4.78, 5) is 15.9. The van der Waals surface area contributed by atoms with Crippen LogP contribution in [-0.4, -0.2) is 39.3 Å². The summed E-state index contributed by atoms with van der Waals surface area (Å²) in [6.45, 7) is 0.618. The minimum atomic E-state index is -0.357. The number of ether oxygens (including phenoxy) is 2. The van der Waals surface area contributed by atoms with Crippen LogP contribution >= 0.6 is 11.9 Å². The molecule has 1 fully saturated rings. The van der Waals surface area contributed by atoms with Gasteiger partial charge in [0.25, 0.3) is 5.91 Å². The van der Waals surface area contributed by atoms with E-state index in [1.165, 1.54) is 0 Å². The summed E-state index contributed by atoms with van der Waals surface area (Å²) >= 11 is 1.63. The Hall–Kier alpha value is -2.29. The Morgan fingerprint density at radius 3 is 2.73 bits per heavy atom. The average molecular weight is 375 g/mol. The first-order valence-corrected chi connectivity index (χ1v) is 9.24. The number of hydrogen-bond acceptors (Lipinski definition) is 7. The van der Waals surface area contributed by atoms with Crippen LogP contribution in [0.3, 0.4) is 0 Å². The number of nitrogens with one attached hydrogen (secondary N) is 1. The van der Waals surface area contributed by atoms with Crippen molar-refractivity contribution in [3.63, 3.8) is 0 Å². The average Bonchev–Trinajstić information content (AvgIpc) is 2.70. The molecular weight excluding hydrogens is 354 g/mol. The van der Waals surface area contributed by atoms with Gasteiger partial charge in [-0.2, -0.15) is 0 Å². The van der Waals surface area contributed by atoms with Gasteiger partial charge in [-0.3, -0.25) is 10.0 Å². The van der Waals surface area contributed by atoms with E-state index in [2.05, 4.69) is 4.98 Å². The van der Waals surface area contributed by atoms with E-state index in [1.807, 2.05) is 28.6 Å². The summed E-state index contributed by atoms with van der Waals surface area (Å²) < 4.78 is 12.8. The van der Waals surface area contributed by atoms with Gasteiger partial charge in [-0.1, -0.05) is 24.1 Å². The third-order valence-electron chi connectivity index (χ3n) is 4.06. The zero-order valence-corrected chi connectivity index (χ0v) is 15.2. The molecule has 1 aliphatic heterocycles. The van der Waals surface area contributed by atoms with E-state index in [4.69, 9.17) is 14.7 Å². The number of carbonyl (C=O) groups excluding carboxylic acids is 1. The summed E-state index contributed by atoms with van der Waals surface area (Å²) in [5, 5.41) is 8.92. The Morgan fingerprint density at radius 2 is 2.08 bits per heavy atom. The van der Waals surface area contributed by atoms with Gasteiger partial charge in [-0.15, -0.1) is 0 Å². The van der Waals surface area contributed by atoms with Crippen LogP contribution < -0.4 is 15.0 Å². The molecule has 26 heavy (non-hydrogen) atoms. The number of nitrogens with zero attached hydrogens (tertiary/aromatic N) is 2. The molecule has 1 saturated heterocycles. The lowest BCUT2D eigenvalue weighted by atomic mass is 10.1. The minimum Gasteiger partial charge on any atom is -0.481 e. The SMILES string of the molecule is COc1ccc(Oc2ccc(CN3SCCC[C@@H]3C(=O)NO)cc2)cn1. The molecule has 1 aliphatic rings. The van der Waals surface area contributed by atoms with Gasteiger partial charge in [0.2, 0.25) is 5.88 Å². The fourth-order valence-corrected chi connectivity index (χ4v) is 3.86. The van der Waals surface area contributed by atoms with E-state index in [9.17, 15) is 4.79 Å². The molecule has 1 aromatic heterocycles. The Bertz CT molecular complexity index is 724. The number of hydroxylamine groups is 1. The van der Waals surface area contributed by atoms with Gasteiger partial charge in [0.15, 0.2) is 0 Å². The monoisotopic (exact) mass is 375 g/mol. The van der Waals surface area contributed by atoms with Gasteiger partial charge in [0.1, 0.15) is 17.5 Å². The molecule has 0 unspecified atom stereocenters. The Kier molecular flexibility index (Phi) is 6.32. The Morgan fingerprint density at radius 1 is 1.31 bits per heavy atom. The van der Waals surface area contributed by atoms with Crippen molar-refractivity contribution in [3.05, 3.63) is 48.2 Å². The highest BCUT2D eigenvalue weighted by atomic mass is 32.2. The summed E-state index contributed by atoms with van der Waals surface area (Å²) in [5.41, 5.74) is 2.83. The van der Waals surface area contributed by atoms with Crippen LogP contribution in [-0.2, 0) is 11.3 Å². The molecule has 2 N–H and O–H groups in total. The van der Waals surface area contributed by atoms with Gasteiger partial charge in [-0.25, -0.2) is 14.8 Å². The van der Waals surface area contributed by atoms with E-state index in [0.29, 0.717) is 23.9 Å². The van der Waals surface area contributed by atoms with Gasteiger partial charge in [-0.05, 0) is 36.6 Å². The molecule has 0 bridgehead atoms. The summed E-state index contributed by atoms with van der Waals surface area (Å²) in [6, 6.07) is 10.9. The highest BCUT2D eigenvalue weighted by Gasteiger charge is 2.29. The first-order chi connectivity index (χ1) is 12.7. The highest BCUT2D eigenvalue weighted by molar-refractivity contribution is 7.97. The van der Waals surface area contributed by atoms with Gasteiger partial charge in [0, 0.05) is 18.4 Å². The van der Waals surface area contributed by atoms with Crippen LogP contribution in [0.4, 0.5) is 0 Å². The van der Waals surface area contributed by atoms with Crippen molar-refractivity contribution >= 4 is 17.9 Å². The number of rotatable bonds is 6. The van der Waals surface area contributed by atoms with Crippen molar-refractivity contribution in [2.45, 2.75) is 25.4 Å². The van der Waals surface area contributed by atoms with Crippen LogP contribution in [0.25, 0.3) is 0 Å². The Balaban J connectivity index is 1.62. The number of benzene rings is 1. The molecule has 0 spiro atoms. The van der Waals surface area contributed by atoms with E-state index < -0.39 is 0 Å². The number of amides is 1. The fourth-order valence-electron chi connectivity index (χ4n) is 2.71. The molecule has 1 atom stereocenters. The molecule has 8 heteroatoms. The highest BCUT2D eigenvalue weighted by Crippen LogP contribution is 2.29. The molecule has 0 aliphatic carbocycles. The van der Waals surface area contributed by atoms with Crippen molar-refractivity contribution in [3.8, 4) is 17.4 Å². The normalized spacial score (nSPS) is 17.5. The second-order valence-corrected chi connectivity index (χ2v) is 6.96. The third-order valence-corrected chi connectivity index (χ3v) is 5.24. The smallest absolute Gasteiger partial charge is 0.261 e. The van der Waals surface area contributed by atoms with E-state index in [-0.39, 0.29) is 11.9 Å². The second-order valence-electron chi connectivity index (χ2n) is 5.82. The van der Waals surface area contributed by atoms with E-state index >= 15 is 0 Å². The van der Waals surface area contributed by atoms with Crippen LogP contribution in [0.5, 0.6) is 17.4 Å². The van der Waals surface area contributed by atoms with Crippen molar-refractivity contribution < 1.29 is 19.5 Å². The lowest BCUT2D eigenvalue weighted by Gasteiger charge is -2.32. The maximum atomic E-state index is 11.8. The number of methoxy groups -OCH3 is 1. The lowest BCUT2D eigenvalue weighted by Crippen LogP contribution is -2.44. The van der Waals surface area contributed by atoms with Crippen LogP contribution in [0.2, 0.25) is 0 Å². The summed E-state index contributed by atoms with van der Waals surface area (Å²) in [7, 11) is 1.57. The predicted molar refractivity (Wildman–Crippen MR) is 98.3 cm³/mol. The van der Waals surface area contributed by atoms with Crippen molar-refractivity contribution in [1.82, 2.24) is 14.8 Å². The van der Waals surface area contributed by atoms with Gasteiger partial charge < -0.3 is 9.47 Å². The fraction of sp³-hybridized carbons (Fsp3) is 0.333. The first-order valence-electron chi connectivity index (χ1n) is 8.30. The predicted octanol–water partition coefficient (Wildman–Crippen LogP) is 3.00. The lowest BCUT2D eigenvalue weighted by molar-refractivity contribution is -0.133. The molecule has 2 heterocycles. The Labute approximate surface area is 156 Å². The molecule has 2 aromatic rings. The van der Waals surface area contributed by atoms with Crippen molar-refractivity contribution in [1.29, 1.82) is 0 Å². The standard InChI is InChI=1S/C18H21N3O4S/c1-24-17-9-8-15(11-19-17)25-14-6-4-13(5-7-14)12-21-16(18(22)20-23)3-2-10-26-21/h4-9,11,16,23H,2-3,10,12H2,1H3,(H,20,22)/t16-/m1/s1. The number of aromatic nitrogens is 1. The van der Waals surface area contributed by atoms with Crippen LogP contribution in [0, 0.1) is 0 Å². The van der Waals surface area contributed by atoms with E-state index in [0.717, 1.165) is 24.2 Å². The number of hydrogen-bond donors (Lipinski definition) is 2. The maximum Gasteiger partial charge on any atom is 0.261 e. The summed E-state index contributed by atoms with van der Waals surface area (Å²) in [5.74, 6) is 2.49. The van der Waals surface area contributed by atoms with Crippen LogP contribution in [0.15, 0.2) is 42.6 Å². The molecule has 1 amide bonds. The number of pyridine rings is 1. The zero-order chi connectivity index (χ0) is 18.4. The van der Waals surface area contributed by atoms with Crippen molar-refractivity contribution in [2.24, 2.45) is 0 Å². The van der Waals surface area contributed by atoms with E-state index in [1.54, 1.807) is 42.9 Å². The quantitative estimate of drug-likeness (QED) is 0.456. The van der Waals surface area contributed by atoms with Crippen LogP contribution in [0.1, 0.15) is 18.4 Å². The molecule has 0 saturated carbocycles. The molecule has 138 valence electrons. The third kappa shape index (κ3) is 4.66. The molecule has 1 aromatic carbocycles. The number of carbonyl (C=O) groups is 1. The topological polar surface area (TPSA) is 83.9 Å². The molecule has 7 nitrogen and oxygen atoms in total. The van der Waals surface area contributed by atoms with Gasteiger partial charge >= 0.3 is 0 Å². The summed E-state index contributed by atoms with van der Waals surface area (Å²) in [6.07, 6.45) is 3.31. The van der Waals surface area contributed by atoms with Gasteiger partial charge in [0.05, 0.1) is 13.3 Å². The maximum absolute atomic E-state index is 11.8. The second kappa shape index (κ2) is 8.88.